The first kappa shape index (κ1) is 11.4. The summed E-state index contributed by atoms with van der Waals surface area (Å²) < 4.78 is 0. The summed E-state index contributed by atoms with van der Waals surface area (Å²) in [6.07, 6.45) is 6.05. The Morgan fingerprint density at radius 3 is 2.83 bits per heavy atom. The summed E-state index contributed by atoms with van der Waals surface area (Å²) in [5.74, 6) is 2.13. The van der Waals surface area contributed by atoms with Crippen LogP contribution in [0.5, 0.6) is 0 Å². The second-order valence-corrected chi connectivity index (χ2v) is 5.14. The van der Waals surface area contributed by atoms with Gasteiger partial charge in [0.1, 0.15) is 18.0 Å². The topological polar surface area (TPSA) is 49.3 Å². The van der Waals surface area contributed by atoms with Crippen LogP contribution in [0, 0.1) is 0 Å². The fourth-order valence-corrected chi connectivity index (χ4v) is 2.49. The van der Waals surface area contributed by atoms with E-state index in [9.17, 15) is 4.79 Å². The lowest BCUT2D eigenvalue weighted by Gasteiger charge is -2.35. The van der Waals surface area contributed by atoms with Crippen molar-refractivity contribution >= 4 is 17.4 Å². The number of Topliss-reactive ketones (excluding diaryl/α,β-unsaturated/α-hetero) is 1. The van der Waals surface area contributed by atoms with Gasteiger partial charge < -0.3 is 9.80 Å². The Labute approximate surface area is 107 Å². The van der Waals surface area contributed by atoms with Gasteiger partial charge in [-0.2, -0.15) is 0 Å². The van der Waals surface area contributed by atoms with E-state index in [0.29, 0.717) is 24.8 Å². The van der Waals surface area contributed by atoms with Gasteiger partial charge in [-0.05, 0) is 19.3 Å². The van der Waals surface area contributed by atoms with Crippen molar-refractivity contribution in [2.45, 2.75) is 31.7 Å². The van der Waals surface area contributed by atoms with Crippen LogP contribution in [0.1, 0.15) is 25.7 Å². The SMILES string of the molecule is CN(c1cc(N2CCC(=O)C2)ncn1)C1CCC1. The number of rotatable bonds is 3. The van der Waals surface area contributed by atoms with Crippen LogP contribution in [0.2, 0.25) is 0 Å². The Kier molecular flexibility index (Phi) is 2.89. The van der Waals surface area contributed by atoms with Gasteiger partial charge in [0.05, 0.1) is 6.54 Å². The second kappa shape index (κ2) is 4.55. The molecule has 1 aliphatic carbocycles. The molecule has 0 unspecified atom stereocenters. The molecular formula is C13H18N4O. The van der Waals surface area contributed by atoms with Crippen molar-refractivity contribution in [3.8, 4) is 0 Å². The first-order valence-corrected chi connectivity index (χ1v) is 6.55. The highest BCUT2D eigenvalue weighted by atomic mass is 16.1. The molecule has 2 aliphatic rings. The Morgan fingerprint density at radius 2 is 2.22 bits per heavy atom. The van der Waals surface area contributed by atoms with Crippen LogP contribution >= 0.6 is 0 Å². The zero-order valence-corrected chi connectivity index (χ0v) is 10.7. The normalized spacial score (nSPS) is 20.1. The molecule has 2 fully saturated rings. The van der Waals surface area contributed by atoms with E-state index in [-0.39, 0.29) is 0 Å². The number of carbonyl (C=O) groups is 1. The predicted octanol–water partition coefficient (Wildman–Crippen LogP) is 1.24. The monoisotopic (exact) mass is 246 g/mol. The zero-order valence-electron chi connectivity index (χ0n) is 10.7. The summed E-state index contributed by atoms with van der Waals surface area (Å²) >= 11 is 0. The standard InChI is InChI=1S/C13H18N4O/c1-16(10-3-2-4-10)12-7-13(15-9-14-12)17-6-5-11(18)8-17/h7,9-10H,2-6,8H2,1H3. The van der Waals surface area contributed by atoms with Gasteiger partial charge >= 0.3 is 0 Å². The average Bonchev–Trinajstić information content (AvgIpc) is 2.74. The highest BCUT2D eigenvalue weighted by Gasteiger charge is 2.25. The maximum atomic E-state index is 11.3. The van der Waals surface area contributed by atoms with Crippen molar-refractivity contribution in [3.05, 3.63) is 12.4 Å². The maximum absolute atomic E-state index is 11.3. The molecular weight excluding hydrogens is 228 g/mol. The Hall–Kier alpha value is -1.65. The molecule has 0 bridgehead atoms. The lowest BCUT2D eigenvalue weighted by atomic mass is 9.92. The van der Waals surface area contributed by atoms with Crippen LogP contribution in [0.3, 0.4) is 0 Å². The van der Waals surface area contributed by atoms with Crippen LogP contribution in [-0.2, 0) is 4.79 Å². The molecule has 5 nitrogen and oxygen atoms in total. The quantitative estimate of drug-likeness (QED) is 0.803. The van der Waals surface area contributed by atoms with Crippen molar-refractivity contribution in [2.75, 3.05) is 29.9 Å². The van der Waals surface area contributed by atoms with Crippen LogP contribution in [0.25, 0.3) is 0 Å². The molecule has 1 aromatic heterocycles. The summed E-state index contributed by atoms with van der Waals surface area (Å²) in [6.45, 7) is 1.27. The van der Waals surface area contributed by atoms with Crippen molar-refractivity contribution in [1.82, 2.24) is 9.97 Å². The fourth-order valence-electron chi connectivity index (χ4n) is 2.49. The number of nitrogens with zero attached hydrogens (tertiary/aromatic N) is 4. The van der Waals surface area contributed by atoms with Gasteiger partial charge in [0.2, 0.25) is 0 Å². The number of hydrogen-bond donors (Lipinski definition) is 0. The summed E-state index contributed by atoms with van der Waals surface area (Å²) in [6, 6.07) is 2.62. The van der Waals surface area contributed by atoms with Gasteiger partial charge in [0.25, 0.3) is 0 Å². The molecule has 0 aromatic carbocycles. The molecule has 1 saturated heterocycles. The first-order chi connectivity index (χ1) is 8.74. The van der Waals surface area contributed by atoms with Crippen LogP contribution in [-0.4, -0.2) is 41.9 Å². The summed E-state index contributed by atoms with van der Waals surface area (Å²) in [5.41, 5.74) is 0. The molecule has 3 rings (SSSR count). The van der Waals surface area contributed by atoms with E-state index in [2.05, 4.69) is 21.9 Å². The Bertz CT molecular complexity index is 458. The van der Waals surface area contributed by atoms with Crippen molar-refractivity contribution in [3.63, 3.8) is 0 Å². The molecule has 5 heteroatoms. The lowest BCUT2D eigenvalue weighted by molar-refractivity contribution is -0.116. The van der Waals surface area contributed by atoms with Gasteiger partial charge in [0.15, 0.2) is 5.78 Å². The third-order valence-electron chi connectivity index (χ3n) is 3.97. The molecule has 18 heavy (non-hydrogen) atoms. The van der Waals surface area contributed by atoms with E-state index in [1.807, 2.05) is 11.0 Å². The smallest absolute Gasteiger partial charge is 0.153 e. The number of carbonyl (C=O) groups excluding carboxylic acids is 1. The third-order valence-corrected chi connectivity index (χ3v) is 3.97. The maximum Gasteiger partial charge on any atom is 0.153 e. The summed E-state index contributed by atoms with van der Waals surface area (Å²) in [4.78, 5) is 24.2. The largest absolute Gasteiger partial charge is 0.357 e. The van der Waals surface area contributed by atoms with Crippen LogP contribution in [0.4, 0.5) is 11.6 Å². The Balaban J connectivity index is 1.78. The van der Waals surface area contributed by atoms with Crippen molar-refractivity contribution in [1.29, 1.82) is 0 Å². The Morgan fingerprint density at radius 1 is 1.39 bits per heavy atom. The van der Waals surface area contributed by atoms with Crippen LogP contribution in [0.15, 0.2) is 12.4 Å². The van der Waals surface area contributed by atoms with E-state index in [1.165, 1.54) is 19.3 Å². The minimum absolute atomic E-state index is 0.294. The third kappa shape index (κ3) is 2.05. The first-order valence-electron chi connectivity index (χ1n) is 6.55. The molecule has 2 heterocycles. The van der Waals surface area contributed by atoms with Gasteiger partial charge in [-0.15, -0.1) is 0 Å². The van der Waals surface area contributed by atoms with E-state index in [4.69, 9.17) is 0 Å². The molecule has 0 radical (unpaired) electrons. The highest BCUT2D eigenvalue weighted by Crippen LogP contribution is 2.28. The predicted molar refractivity (Wildman–Crippen MR) is 69.9 cm³/mol. The van der Waals surface area contributed by atoms with E-state index < -0.39 is 0 Å². The number of aromatic nitrogens is 2. The van der Waals surface area contributed by atoms with E-state index >= 15 is 0 Å². The van der Waals surface area contributed by atoms with Crippen molar-refractivity contribution in [2.24, 2.45) is 0 Å². The van der Waals surface area contributed by atoms with E-state index in [0.717, 1.165) is 18.2 Å². The molecule has 0 amide bonds. The van der Waals surface area contributed by atoms with Gasteiger partial charge in [-0.3, -0.25) is 4.79 Å². The average molecular weight is 246 g/mol. The number of ketones is 1. The van der Waals surface area contributed by atoms with Gasteiger partial charge in [-0.1, -0.05) is 0 Å². The highest BCUT2D eigenvalue weighted by molar-refractivity contribution is 5.86. The minimum Gasteiger partial charge on any atom is -0.357 e. The van der Waals surface area contributed by atoms with Crippen LogP contribution < -0.4 is 9.80 Å². The molecule has 1 aliphatic heterocycles. The molecule has 1 aromatic rings. The molecule has 0 spiro atoms. The van der Waals surface area contributed by atoms with Gasteiger partial charge in [-0.25, -0.2) is 9.97 Å². The molecule has 0 N–H and O–H groups in total. The van der Waals surface area contributed by atoms with Crippen molar-refractivity contribution < 1.29 is 4.79 Å². The molecule has 0 atom stereocenters. The number of anilines is 2. The second-order valence-electron chi connectivity index (χ2n) is 5.14. The summed E-state index contributed by atoms with van der Waals surface area (Å²) in [5, 5.41) is 0. The molecule has 96 valence electrons. The molecule has 1 saturated carbocycles. The lowest BCUT2D eigenvalue weighted by Crippen LogP contribution is -2.37. The number of hydrogen-bond acceptors (Lipinski definition) is 5. The fraction of sp³-hybridized carbons (Fsp3) is 0.615. The van der Waals surface area contributed by atoms with E-state index in [1.54, 1.807) is 6.33 Å². The van der Waals surface area contributed by atoms with Gasteiger partial charge in [0, 0.05) is 32.1 Å². The summed E-state index contributed by atoms with van der Waals surface area (Å²) in [7, 11) is 2.09. The minimum atomic E-state index is 0.294. The zero-order chi connectivity index (χ0) is 12.5.